The van der Waals surface area contributed by atoms with E-state index in [1.807, 2.05) is 0 Å². The third-order valence-corrected chi connectivity index (χ3v) is 4.83. The van der Waals surface area contributed by atoms with Crippen LogP contribution in [0.1, 0.15) is 29.1 Å². The van der Waals surface area contributed by atoms with Crippen molar-refractivity contribution in [3.05, 3.63) is 52.1 Å². The Morgan fingerprint density at radius 2 is 2.24 bits per heavy atom. The Balaban J connectivity index is 1.60. The molecule has 1 N–H and O–H groups in total. The molecule has 1 aliphatic rings. The predicted octanol–water partition coefficient (Wildman–Crippen LogP) is 3.71. The Kier molecular flexibility index (Phi) is 3.28. The third-order valence-electron chi connectivity index (χ3n) is 4.01. The highest BCUT2D eigenvalue weighted by Crippen LogP contribution is 2.22. The lowest BCUT2D eigenvalue weighted by atomic mass is 10.1. The molecule has 0 aliphatic heterocycles. The van der Waals surface area contributed by atoms with E-state index >= 15 is 0 Å². The lowest BCUT2D eigenvalue weighted by Gasteiger charge is -2.06. The maximum absolute atomic E-state index is 4.57. The number of rotatable bonds is 5. The Bertz CT molecular complexity index is 767. The summed E-state index contributed by atoms with van der Waals surface area (Å²) in [5.74, 6) is 0. The highest BCUT2D eigenvalue weighted by atomic mass is 32.1. The topological polar surface area (TPSA) is 29.9 Å². The number of benzene rings is 1. The van der Waals surface area contributed by atoms with Gasteiger partial charge >= 0.3 is 0 Å². The summed E-state index contributed by atoms with van der Waals surface area (Å²) < 4.78 is 2.30. The minimum Gasteiger partial charge on any atom is -0.341 e. The van der Waals surface area contributed by atoms with Gasteiger partial charge in [0, 0.05) is 29.7 Å². The van der Waals surface area contributed by atoms with Crippen LogP contribution in [0.3, 0.4) is 0 Å². The molecule has 4 heteroatoms. The summed E-state index contributed by atoms with van der Waals surface area (Å²) in [4.78, 5) is 4.57. The van der Waals surface area contributed by atoms with Gasteiger partial charge in [0.2, 0.25) is 0 Å². The summed E-state index contributed by atoms with van der Waals surface area (Å²) in [5.41, 5.74) is 3.82. The second-order valence-electron chi connectivity index (χ2n) is 5.85. The summed E-state index contributed by atoms with van der Waals surface area (Å²) in [5, 5.41) is 8.17. The molecule has 3 aromatic rings. The Labute approximate surface area is 128 Å². The molecule has 1 fully saturated rings. The van der Waals surface area contributed by atoms with Gasteiger partial charge in [-0.3, -0.25) is 0 Å². The van der Waals surface area contributed by atoms with Gasteiger partial charge < -0.3 is 9.88 Å². The van der Waals surface area contributed by atoms with E-state index in [1.54, 1.807) is 11.3 Å². The number of nitrogens with zero attached hydrogens (tertiary/aromatic N) is 2. The van der Waals surface area contributed by atoms with E-state index in [9.17, 15) is 0 Å². The highest BCUT2D eigenvalue weighted by Gasteiger charge is 2.19. The van der Waals surface area contributed by atoms with Crippen molar-refractivity contribution < 1.29 is 0 Å². The maximum atomic E-state index is 4.57. The zero-order valence-corrected chi connectivity index (χ0v) is 13.0. The minimum absolute atomic E-state index is 0.755. The van der Waals surface area contributed by atoms with Crippen LogP contribution in [-0.2, 0) is 13.1 Å². The van der Waals surface area contributed by atoms with E-state index in [-0.39, 0.29) is 0 Å². The first-order valence-electron chi connectivity index (χ1n) is 7.50. The molecule has 0 unspecified atom stereocenters. The van der Waals surface area contributed by atoms with Crippen LogP contribution in [0.4, 0.5) is 0 Å². The molecule has 1 aliphatic carbocycles. The molecule has 2 aromatic heterocycles. The van der Waals surface area contributed by atoms with Crippen LogP contribution in [-0.4, -0.2) is 15.6 Å². The van der Waals surface area contributed by atoms with Crippen molar-refractivity contribution in [2.75, 3.05) is 0 Å². The van der Waals surface area contributed by atoms with E-state index in [0.717, 1.165) is 29.8 Å². The molecular formula is C17H19N3S. The van der Waals surface area contributed by atoms with Gasteiger partial charge in [0.25, 0.3) is 0 Å². The molecule has 0 bridgehead atoms. The molecular weight excluding hydrogens is 278 g/mol. The van der Waals surface area contributed by atoms with Gasteiger partial charge in [0.15, 0.2) is 0 Å². The van der Waals surface area contributed by atoms with E-state index in [1.165, 1.54) is 29.3 Å². The average Bonchev–Trinajstić information content (AvgIpc) is 3.12. The van der Waals surface area contributed by atoms with Crippen molar-refractivity contribution in [1.82, 2.24) is 14.9 Å². The second-order valence-corrected chi connectivity index (χ2v) is 6.91. The van der Waals surface area contributed by atoms with Crippen LogP contribution in [0.15, 0.2) is 35.8 Å². The number of thiazole rings is 1. The van der Waals surface area contributed by atoms with Crippen LogP contribution in [0.25, 0.3) is 10.9 Å². The zero-order chi connectivity index (χ0) is 14.2. The summed E-state index contributed by atoms with van der Waals surface area (Å²) >= 11 is 1.72. The van der Waals surface area contributed by atoms with Crippen molar-refractivity contribution in [3.63, 3.8) is 0 Å². The molecule has 0 saturated heterocycles. The summed E-state index contributed by atoms with van der Waals surface area (Å²) in [7, 11) is 0. The SMILES string of the molecule is Cc1nc(Cn2ccc3ccc(CNC4CC4)cc32)cs1. The van der Waals surface area contributed by atoms with Crippen LogP contribution >= 0.6 is 11.3 Å². The lowest BCUT2D eigenvalue weighted by molar-refractivity contribution is 0.688. The molecule has 108 valence electrons. The number of fused-ring (bicyclic) bond motifs is 1. The standard InChI is InChI=1S/C17H19N3S/c1-12-19-16(11-21-12)10-20-7-6-14-3-2-13(8-17(14)20)9-18-15-4-5-15/h2-3,6-8,11,15,18H,4-5,9-10H2,1H3. The fourth-order valence-corrected chi connectivity index (χ4v) is 3.29. The van der Waals surface area contributed by atoms with Gasteiger partial charge in [0.05, 0.1) is 17.2 Å². The first-order valence-corrected chi connectivity index (χ1v) is 8.38. The van der Waals surface area contributed by atoms with Crippen molar-refractivity contribution in [2.45, 2.75) is 38.9 Å². The number of hydrogen-bond donors (Lipinski definition) is 1. The van der Waals surface area contributed by atoms with Crippen molar-refractivity contribution >= 4 is 22.2 Å². The van der Waals surface area contributed by atoms with Crippen LogP contribution < -0.4 is 5.32 Å². The van der Waals surface area contributed by atoms with Crippen molar-refractivity contribution in [2.24, 2.45) is 0 Å². The monoisotopic (exact) mass is 297 g/mol. The van der Waals surface area contributed by atoms with Crippen LogP contribution in [0, 0.1) is 6.92 Å². The van der Waals surface area contributed by atoms with Crippen LogP contribution in [0.5, 0.6) is 0 Å². The normalized spacial score (nSPS) is 14.9. The number of nitrogens with one attached hydrogen (secondary N) is 1. The molecule has 4 rings (SSSR count). The number of hydrogen-bond acceptors (Lipinski definition) is 3. The molecule has 0 radical (unpaired) electrons. The first-order chi connectivity index (χ1) is 10.3. The third kappa shape index (κ3) is 2.87. The number of aryl methyl sites for hydroxylation is 1. The van der Waals surface area contributed by atoms with E-state index in [2.05, 4.69) is 57.6 Å². The van der Waals surface area contributed by atoms with E-state index in [4.69, 9.17) is 0 Å². The molecule has 0 atom stereocenters. The molecule has 3 nitrogen and oxygen atoms in total. The zero-order valence-electron chi connectivity index (χ0n) is 12.2. The van der Waals surface area contributed by atoms with Gasteiger partial charge in [-0.15, -0.1) is 11.3 Å². The molecule has 2 heterocycles. The van der Waals surface area contributed by atoms with Gasteiger partial charge in [-0.25, -0.2) is 4.98 Å². The van der Waals surface area contributed by atoms with Gasteiger partial charge in [0.1, 0.15) is 0 Å². The minimum atomic E-state index is 0.755. The second kappa shape index (κ2) is 5.28. The highest BCUT2D eigenvalue weighted by molar-refractivity contribution is 7.09. The average molecular weight is 297 g/mol. The van der Waals surface area contributed by atoms with E-state index in [0.29, 0.717) is 0 Å². The summed E-state index contributed by atoms with van der Waals surface area (Å²) in [6.45, 7) is 3.89. The Morgan fingerprint density at radius 1 is 1.33 bits per heavy atom. The fourth-order valence-electron chi connectivity index (χ4n) is 2.68. The summed E-state index contributed by atoms with van der Waals surface area (Å²) in [6, 6.07) is 9.71. The molecule has 1 saturated carbocycles. The largest absolute Gasteiger partial charge is 0.341 e. The molecule has 0 amide bonds. The Morgan fingerprint density at radius 3 is 3.00 bits per heavy atom. The van der Waals surface area contributed by atoms with Gasteiger partial charge in [-0.05, 0) is 42.8 Å². The molecule has 0 spiro atoms. The smallest absolute Gasteiger partial charge is 0.0898 e. The quantitative estimate of drug-likeness (QED) is 0.778. The molecule has 1 aromatic carbocycles. The lowest BCUT2D eigenvalue weighted by Crippen LogP contribution is -2.15. The number of aromatic nitrogens is 2. The molecule has 21 heavy (non-hydrogen) atoms. The van der Waals surface area contributed by atoms with E-state index < -0.39 is 0 Å². The first kappa shape index (κ1) is 13.0. The van der Waals surface area contributed by atoms with Gasteiger partial charge in [-0.1, -0.05) is 12.1 Å². The van der Waals surface area contributed by atoms with Gasteiger partial charge in [-0.2, -0.15) is 0 Å². The predicted molar refractivity (Wildman–Crippen MR) is 87.8 cm³/mol. The van der Waals surface area contributed by atoms with Crippen molar-refractivity contribution in [1.29, 1.82) is 0 Å². The Hall–Kier alpha value is -1.65. The maximum Gasteiger partial charge on any atom is 0.0898 e. The summed E-state index contributed by atoms with van der Waals surface area (Å²) in [6.07, 6.45) is 4.83. The fraction of sp³-hybridized carbons (Fsp3) is 0.353. The van der Waals surface area contributed by atoms with Crippen LogP contribution in [0.2, 0.25) is 0 Å². The van der Waals surface area contributed by atoms with Crippen molar-refractivity contribution in [3.8, 4) is 0 Å².